The standard InChI is InChI=1S/C10H10BrF2NO/c11-5-4-6(12)10(15)8(9(5)13)7-2-1-3-14-7/h4,7,14-15H,1-3H2. The van der Waals surface area contributed by atoms with Crippen LogP contribution in [0.2, 0.25) is 0 Å². The predicted octanol–water partition coefficient (Wildman–Crippen LogP) is 2.86. The van der Waals surface area contributed by atoms with Crippen LogP contribution in [0.1, 0.15) is 24.4 Å². The second-order valence-corrected chi connectivity index (χ2v) is 4.42. The number of benzene rings is 1. The number of nitrogens with one attached hydrogen (secondary N) is 1. The van der Waals surface area contributed by atoms with Crippen LogP contribution < -0.4 is 5.32 Å². The molecule has 0 radical (unpaired) electrons. The Hall–Kier alpha value is -0.680. The molecular weight excluding hydrogens is 268 g/mol. The minimum Gasteiger partial charge on any atom is -0.505 e. The van der Waals surface area contributed by atoms with Crippen molar-refractivity contribution < 1.29 is 13.9 Å². The number of halogens is 3. The van der Waals surface area contributed by atoms with Crippen molar-refractivity contribution in [2.75, 3.05) is 6.54 Å². The number of hydrogen-bond donors (Lipinski definition) is 2. The molecule has 1 saturated heterocycles. The van der Waals surface area contributed by atoms with Crippen LogP contribution in [0.4, 0.5) is 8.78 Å². The average Bonchev–Trinajstić information content (AvgIpc) is 2.69. The Morgan fingerprint density at radius 2 is 2.20 bits per heavy atom. The Balaban J connectivity index is 2.52. The molecule has 2 N–H and O–H groups in total. The van der Waals surface area contributed by atoms with Crippen molar-refractivity contribution in [1.82, 2.24) is 5.32 Å². The zero-order chi connectivity index (χ0) is 11.0. The van der Waals surface area contributed by atoms with Crippen LogP contribution in [0.15, 0.2) is 10.5 Å². The van der Waals surface area contributed by atoms with Crippen LogP contribution in [0, 0.1) is 11.6 Å². The number of phenolic OH excluding ortho intramolecular Hbond substituents is 1. The fourth-order valence-corrected chi connectivity index (χ4v) is 2.27. The molecule has 0 bridgehead atoms. The first kappa shape index (κ1) is 10.8. The van der Waals surface area contributed by atoms with Crippen LogP contribution in [0.5, 0.6) is 5.75 Å². The van der Waals surface area contributed by atoms with Crippen molar-refractivity contribution in [2.45, 2.75) is 18.9 Å². The quantitative estimate of drug-likeness (QED) is 0.774. The molecule has 0 saturated carbocycles. The van der Waals surface area contributed by atoms with Crippen molar-refractivity contribution >= 4 is 15.9 Å². The summed E-state index contributed by atoms with van der Waals surface area (Å²) in [4.78, 5) is 0. The van der Waals surface area contributed by atoms with Crippen molar-refractivity contribution in [3.05, 3.63) is 27.7 Å². The molecule has 82 valence electrons. The Labute approximate surface area is 94.4 Å². The van der Waals surface area contributed by atoms with Crippen molar-refractivity contribution in [3.8, 4) is 5.75 Å². The fourth-order valence-electron chi connectivity index (χ4n) is 1.85. The van der Waals surface area contributed by atoms with Gasteiger partial charge in [0, 0.05) is 6.04 Å². The molecule has 1 atom stereocenters. The summed E-state index contributed by atoms with van der Waals surface area (Å²) in [5.41, 5.74) is 0.0272. The first-order chi connectivity index (χ1) is 7.11. The third-order valence-electron chi connectivity index (χ3n) is 2.59. The molecule has 5 heteroatoms. The summed E-state index contributed by atoms with van der Waals surface area (Å²) in [6, 6.07) is 0.639. The van der Waals surface area contributed by atoms with Crippen molar-refractivity contribution in [3.63, 3.8) is 0 Å². The van der Waals surface area contributed by atoms with E-state index in [2.05, 4.69) is 21.2 Å². The van der Waals surface area contributed by atoms with Crippen LogP contribution in [0.3, 0.4) is 0 Å². The highest BCUT2D eigenvalue weighted by atomic mass is 79.9. The van der Waals surface area contributed by atoms with E-state index in [0.29, 0.717) is 6.42 Å². The van der Waals surface area contributed by atoms with Gasteiger partial charge in [-0.15, -0.1) is 0 Å². The third-order valence-corrected chi connectivity index (χ3v) is 3.17. The molecule has 15 heavy (non-hydrogen) atoms. The SMILES string of the molecule is Oc1c(F)cc(Br)c(F)c1C1CCCN1. The minimum atomic E-state index is -0.799. The van der Waals surface area contributed by atoms with Gasteiger partial charge in [-0.1, -0.05) is 0 Å². The van der Waals surface area contributed by atoms with E-state index in [9.17, 15) is 13.9 Å². The highest BCUT2D eigenvalue weighted by Gasteiger charge is 2.26. The second-order valence-electron chi connectivity index (χ2n) is 3.57. The zero-order valence-electron chi connectivity index (χ0n) is 7.86. The van der Waals surface area contributed by atoms with Gasteiger partial charge in [-0.3, -0.25) is 0 Å². The Morgan fingerprint density at radius 1 is 1.47 bits per heavy atom. The Morgan fingerprint density at radius 3 is 2.80 bits per heavy atom. The first-order valence-electron chi connectivity index (χ1n) is 4.71. The van der Waals surface area contributed by atoms with Crippen LogP contribution in [0.25, 0.3) is 0 Å². The van der Waals surface area contributed by atoms with Crippen LogP contribution in [-0.4, -0.2) is 11.7 Å². The largest absolute Gasteiger partial charge is 0.505 e. The lowest BCUT2D eigenvalue weighted by molar-refractivity contribution is 0.405. The van der Waals surface area contributed by atoms with E-state index < -0.39 is 17.4 Å². The van der Waals surface area contributed by atoms with E-state index in [1.54, 1.807) is 0 Å². The van der Waals surface area contributed by atoms with Gasteiger partial charge in [0.2, 0.25) is 0 Å². The van der Waals surface area contributed by atoms with Gasteiger partial charge in [-0.05, 0) is 41.4 Å². The van der Waals surface area contributed by atoms with Gasteiger partial charge >= 0.3 is 0 Å². The Kier molecular flexibility index (Phi) is 2.93. The number of aromatic hydroxyl groups is 1. The summed E-state index contributed by atoms with van der Waals surface area (Å²) in [7, 11) is 0. The molecule has 1 fully saturated rings. The topological polar surface area (TPSA) is 32.3 Å². The molecule has 0 aromatic heterocycles. The first-order valence-corrected chi connectivity index (χ1v) is 5.50. The summed E-state index contributed by atoms with van der Waals surface area (Å²) in [6.45, 7) is 0.762. The monoisotopic (exact) mass is 277 g/mol. The summed E-state index contributed by atoms with van der Waals surface area (Å²) in [5.74, 6) is -1.98. The second kappa shape index (κ2) is 4.06. The molecule has 1 aromatic rings. The maximum absolute atomic E-state index is 13.7. The van der Waals surface area contributed by atoms with Crippen LogP contribution in [-0.2, 0) is 0 Å². The Bertz CT molecular complexity index is 365. The highest BCUT2D eigenvalue weighted by Crippen LogP contribution is 2.37. The fraction of sp³-hybridized carbons (Fsp3) is 0.400. The lowest BCUT2D eigenvalue weighted by atomic mass is 10.0. The zero-order valence-corrected chi connectivity index (χ0v) is 9.44. The van der Waals surface area contributed by atoms with Crippen molar-refractivity contribution in [2.24, 2.45) is 0 Å². The summed E-state index contributed by atoms with van der Waals surface area (Å²) >= 11 is 2.92. The molecule has 0 amide bonds. The van der Waals surface area contributed by atoms with Gasteiger partial charge in [-0.2, -0.15) is 0 Å². The smallest absolute Gasteiger partial charge is 0.166 e. The summed E-state index contributed by atoms with van der Waals surface area (Å²) < 4.78 is 26.9. The molecule has 1 aliphatic rings. The molecule has 1 heterocycles. The molecular formula is C10H10BrF2NO. The van der Waals surface area contributed by atoms with Gasteiger partial charge in [-0.25, -0.2) is 8.78 Å². The molecule has 1 unspecified atom stereocenters. The van der Waals surface area contributed by atoms with E-state index in [4.69, 9.17) is 0 Å². The molecule has 0 spiro atoms. The van der Waals surface area contributed by atoms with E-state index >= 15 is 0 Å². The van der Waals surface area contributed by atoms with E-state index in [1.807, 2.05) is 0 Å². The maximum Gasteiger partial charge on any atom is 0.166 e. The maximum atomic E-state index is 13.7. The number of rotatable bonds is 1. The average molecular weight is 278 g/mol. The molecule has 2 nitrogen and oxygen atoms in total. The van der Waals surface area contributed by atoms with Gasteiger partial charge in [0.15, 0.2) is 11.6 Å². The molecule has 1 aliphatic heterocycles. The molecule has 1 aromatic carbocycles. The van der Waals surface area contributed by atoms with Gasteiger partial charge in [0.05, 0.1) is 10.0 Å². The minimum absolute atomic E-state index is 0.0272. The molecule has 2 rings (SSSR count). The van der Waals surface area contributed by atoms with Gasteiger partial charge in [0.1, 0.15) is 5.82 Å². The number of hydrogen-bond acceptors (Lipinski definition) is 2. The summed E-state index contributed by atoms with van der Waals surface area (Å²) in [5, 5.41) is 12.5. The van der Waals surface area contributed by atoms with Gasteiger partial charge < -0.3 is 10.4 Å². The third kappa shape index (κ3) is 1.86. The molecule has 0 aliphatic carbocycles. The van der Waals surface area contributed by atoms with E-state index in [1.165, 1.54) is 0 Å². The number of phenols is 1. The lowest BCUT2D eigenvalue weighted by Gasteiger charge is -2.14. The predicted molar refractivity (Wildman–Crippen MR) is 55.7 cm³/mol. The lowest BCUT2D eigenvalue weighted by Crippen LogP contribution is -2.15. The highest BCUT2D eigenvalue weighted by molar-refractivity contribution is 9.10. The van der Waals surface area contributed by atoms with E-state index in [-0.39, 0.29) is 16.1 Å². The van der Waals surface area contributed by atoms with Crippen molar-refractivity contribution in [1.29, 1.82) is 0 Å². The summed E-state index contributed by atoms with van der Waals surface area (Å²) in [6.07, 6.45) is 1.61. The van der Waals surface area contributed by atoms with Crippen LogP contribution >= 0.6 is 15.9 Å². The van der Waals surface area contributed by atoms with Gasteiger partial charge in [0.25, 0.3) is 0 Å². The van der Waals surface area contributed by atoms with E-state index in [0.717, 1.165) is 19.0 Å². The normalized spacial score (nSPS) is 20.9.